The monoisotopic (exact) mass is 229 g/mol. The van der Waals surface area contributed by atoms with Gasteiger partial charge in [-0.1, -0.05) is 58.9 Å². The van der Waals surface area contributed by atoms with E-state index in [1.54, 1.807) is 0 Å². The van der Waals surface area contributed by atoms with Crippen LogP contribution in [0.5, 0.6) is 0 Å². The van der Waals surface area contributed by atoms with E-state index < -0.39 is 0 Å². The summed E-state index contributed by atoms with van der Waals surface area (Å²) in [6.45, 7) is 19.1. The zero-order valence-electron chi connectivity index (χ0n) is 11.7. The molecule has 0 saturated carbocycles. The fraction of sp³-hybridized carbons (Fsp3) is 0.562. The van der Waals surface area contributed by atoms with Gasteiger partial charge in [-0.2, -0.15) is 5.26 Å². The number of nitrogens with zero attached hydrogens (tertiary/aromatic N) is 1. The second kappa shape index (κ2) is 4.18. The summed E-state index contributed by atoms with van der Waals surface area (Å²) in [7, 11) is 0. The summed E-state index contributed by atoms with van der Waals surface area (Å²) in [4.78, 5) is 0. The maximum atomic E-state index is 9.26. The van der Waals surface area contributed by atoms with E-state index in [-0.39, 0.29) is 10.8 Å². The lowest BCUT2D eigenvalue weighted by molar-refractivity contribution is 0.141. The lowest BCUT2D eigenvalue weighted by Crippen LogP contribution is -2.42. The van der Waals surface area contributed by atoms with Gasteiger partial charge < -0.3 is 0 Å². The molecule has 0 saturated heterocycles. The second-order valence-corrected chi connectivity index (χ2v) is 5.89. The lowest BCUT2D eigenvalue weighted by Gasteiger charge is -2.50. The number of rotatable bonds is 2. The van der Waals surface area contributed by atoms with Crippen LogP contribution in [0.3, 0.4) is 0 Å². The van der Waals surface area contributed by atoms with Crippen LogP contribution in [0.4, 0.5) is 0 Å². The first-order valence-corrected chi connectivity index (χ1v) is 6.20. The van der Waals surface area contributed by atoms with Crippen molar-refractivity contribution in [3.63, 3.8) is 0 Å². The van der Waals surface area contributed by atoms with Gasteiger partial charge in [-0.3, -0.25) is 0 Å². The molecule has 17 heavy (non-hydrogen) atoms. The van der Waals surface area contributed by atoms with Crippen molar-refractivity contribution in [3.05, 3.63) is 36.0 Å². The minimum absolute atomic E-state index is 0.0533. The summed E-state index contributed by atoms with van der Waals surface area (Å²) >= 11 is 0. The first-order chi connectivity index (χ1) is 7.71. The quantitative estimate of drug-likeness (QED) is 0.633. The van der Waals surface area contributed by atoms with Gasteiger partial charge in [0, 0.05) is 5.41 Å². The van der Waals surface area contributed by atoms with E-state index in [1.807, 2.05) is 0 Å². The van der Waals surface area contributed by atoms with Gasteiger partial charge in [0.1, 0.15) is 0 Å². The third-order valence-corrected chi connectivity index (χ3v) is 4.59. The van der Waals surface area contributed by atoms with E-state index in [4.69, 9.17) is 0 Å². The Balaban J connectivity index is 3.51. The molecule has 92 valence electrons. The molecule has 0 heterocycles. The molecule has 0 aromatic heterocycles. The highest BCUT2D eigenvalue weighted by Gasteiger charge is 2.47. The van der Waals surface area contributed by atoms with Crippen LogP contribution >= 0.6 is 0 Å². The summed E-state index contributed by atoms with van der Waals surface area (Å²) in [5.41, 5.74) is 2.65. The highest BCUT2D eigenvalue weighted by Crippen LogP contribution is 2.55. The third-order valence-electron chi connectivity index (χ3n) is 4.59. The Labute approximate surface area is 106 Å². The summed E-state index contributed by atoms with van der Waals surface area (Å²) < 4.78 is 0. The van der Waals surface area contributed by atoms with Crippen LogP contribution in [0.2, 0.25) is 0 Å². The number of hydrogen-bond donors (Lipinski definition) is 0. The molecule has 2 unspecified atom stereocenters. The summed E-state index contributed by atoms with van der Waals surface area (Å²) in [5.74, 6) is 0.442. The Kier molecular flexibility index (Phi) is 3.39. The van der Waals surface area contributed by atoms with Crippen molar-refractivity contribution < 1.29 is 0 Å². The van der Waals surface area contributed by atoms with Crippen LogP contribution in [-0.2, 0) is 0 Å². The van der Waals surface area contributed by atoms with Crippen molar-refractivity contribution >= 4 is 0 Å². The van der Waals surface area contributed by atoms with Crippen molar-refractivity contribution in [2.45, 2.75) is 41.0 Å². The molecular formula is C16H23N. The van der Waals surface area contributed by atoms with Crippen LogP contribution in [-0.4, -0.2) is 0 Å². The third kappa shape index (κ3) is 1.86. The first-order valence-electron chi connectivity index (χ1n) is 6.20. The molecular weight excluding hydrogens is 206 g/mol. The molecule has 1 aliphatic rings. The molecule has 1 heteroatoms. The average molecular weight is 229 g/mol. The molecule has 1 nitrogen and oxygen atoms in total. The predicted molar refractivity (Wildman–Crippen MR) is 73.3 cm³/mol. The van der Waals surface area contributed by atoms with Crippen LogP contribution in [0.1, 0.15) is 41.0 Å². The standard InChI is InChI=1S/C16H23N/c1-8-14-15(5,6)12(4)13(10-17)9-16(14,7)11(2)3/h9,14H,2,4,8H2,1,3,5-7H3. The zero-order chi connectivity index (χ0) is 13.4. The van der Waals surface area contributed by atoms with E-state index in [1.165, 1.54) is 0 Å². The van der Waals surface area contributed by atoms with Crippen LogP contribution in [0.25, 0.3) is 0 Å². The van der Waals surface area contributed by atoms with Gasteiger partial charge in [0.15, 0.2) is 0 Å². The maximum Gasteiger partial charge on any atom is 0.0991 e. The molecule has 0 amide bonds. The second-order valence-electron chi connectivity index (χ2n) is 5.89. The highest BCUT2D eigenvalue weighted by atomic mass is 14.5. The van der Waals surface area contributed by atoms with Crippen molar-refractivity contribution in [2.24, 2.45) is 16.7 Å². The average Bonchev–Trinajstić information content (AvgIpc) is 2.23. The van der Waals surface area contributed by atoms with Gasteiger partial charge in [-0.25, -0.2) is 0 Å². The topological polar surface area (TPSA) is 23.8 Å². The molecule has 0 aliphatic heterocycles. The lowest BCUT2D eigenvalue weighted by atomic mass is 9.53. The Morgan fingerprint density at radius 3 is 2.35 bits per heavy atom. The van der Waals surface area contributed by atoms with E-state index in [9.17, 15) is 5.26 Å². The molecule has 2 atom stereocenters. The van der Waals surface area contributed by atoms with Gasteiger partial charge in [0.05, 0.1) is 11.6 Å². The minimum Gasteiger partial charge on any atom is -0.192 e. The van der Waals surface area contributed by atoms with Crippen molar-refractivity contribution in [1.82, 2.24) is 0 Å². The van der Waals surface area contributed by atoms with Gasteiger partial charge in [0.25, 0.3) is 0 Å². The van der Waals surface area contributed by atoms with Crippen LogP contribution in [0.15, 0.2) is 36.0 Å². The molecule has 0 bridgehead atoms. The van der Waals surface area contributed by atoms with E-state index >= 15 is 0 Å². The van der Waals surface area contributed by atoms with Crippen molar-refractivity contribution in [3.8, 4) is 6.07 Å². The van der Waals surface area contributed by atoms with Crippen molar-refractivity contribution in [2.75, 3.05) is 0 Å². The Morgan fingerprint density at radius 2 is 2.00 bits per heavy atom. The number of hydrogen-bond acceptors (Lipinski definition) is 1. The summed E-state index contributed by atoms with van der Waals surface area (Å²) in [6, 6.07) is 2.28. The van der Waals surface area contributed by atoms with Crippen molar-refractivity contribution in [1.29, 1.82) is 5.26 Å². The molecule has 0 fully saturated rings. The highest BCUT2D eigenvalue weighted by molar-refractivity contribution is 5.50. The summed E-state index contributed by atoms with van der Waals surface area (Å²) in [5, 5.41) is 9.26. The smallest absolute Gasteiger partial charge is 0.0991 e. The molecule has 0 aromatic carbocycles. The van der Waals surface area contributed by atoms with Crippen LogP contribution < -0.4 is 0 Å². The first kappa shape index (κ1) is 13.8. The minimum atomic E-state index is -0.107. The fourth-order valence-electron chi connectivity index (χ4n) is 3.25. The van der Waals surface area contributed by atoms with Gasteiger partial charge in [-0.05, 0) is 23.8 Å². The Bertz CT molecular complexity index is 431. The maximum absolute atomic E-state index is 9.26. The predicted octanol–water partition coefficient (Wildman–Crippen LogP) is 4.64. The van der Waals surface area contributed by atoms with Crippen LogP contribution in [0, 0.1) is 28.1 Å². The number of nitriles is 1. The zero-order valence-corrected chi connectivity index (χ0v) is 11.7. The van der Waals surface area contributed by atoms with Gasteiger partial charge >= 0.3 is 0 Å². The molecule has 0 N–H and O–H groups in total. The van der Waals surface area contributed by atoms with Gasteiger partial charge in [-0.15, -0.1) is 0 Å². The fourth-order valence-corrected chi connectivity index (χ4v) is 3.25. The SMILES string of the molecule is C=C1C(C#N)=CC(C)(C(=C)C)C(CC)C1(C)C. The molecule has 1 rings (SSSR count). The molecule has 0 spiro atoms. The van der Waals surface area contributed by atoms with Gasteiger partial charge in [0.2, 0.25) is 0 Å². The largest absolute Gasteiger partial charge is 0.192 e. The Morgan fingerprint density at radius 1 is 1.47 bits per heavy atom. The summed E-state index contributed by atoms with van der Waals surface area (Å²) in [6.07, 6.45) is 3.13. The molecule has 0 radical (unpaired) electrons. The molecule has 0 aromatic rings. The molecule has 1 aliphatic carbocycles. The van der Waals surface area contributed by atoms with E-state index in [0.717, 1.165) is 23.1 Å². The normalized spacial score (nSPS) is 31.6. The van der Waals surface area contributed by atoms with E-state index in [0.29, 0.717) is 5.92 Å². The van der Waals surface area contributed by atoms with E-state index in [2.05, 4.69) is 59.9 Å². The number of allylic oxidation sites excluding steroid dienone is 4. The Hall–Kier alpha value is -1.29.